The van der Waals surface area contributed by atoms with Crippen LogP contribution in [0.25, 0.3) is 10.6 Å². The van der Waals surface area contributed by atoms with E-state index in [0.717, 1.165) is 17.0 Å². The minimum atomic E-state index is -4.08. The summed E-state index contributed by atoms with van der Waals surface area (Å²) < 4.78 is 51.0. The molecule has 2 N–H and O–H groups in total. The molecule has 0 spiro atoms. The van der Waals surface area contributed by atoms with Gasteiger partial charge in [0.2, 0.25) is 10.0 Å². The standard InChI is InChI=1S/C17H16FNO5S2/c1-23-15-5-4-11(18)9-17(15)26(21,22)19-10-12(20)13-6-7-14(24-13)16-3-2-8-25-16/h2-9,12,19-20H,10H2,1H3. The summed E-state index contributed by atoms with van der Waals surface area (Å²) in [7, 11) is -2.79. The molecule has 3 rings (SSSR count). The number of benzene rings is 1. The lowest BCUT2D eigenvalue weighted by Gasteiger charge is -2.13. The van der Waals surface area contributed by atoms with E-state index in [2.05, 4.69) is 4.72 Å². The van der Waals surface area contributed by atoms with E-state index >= 15 is 0 Å². The van der Waals surface area contributed by atoms with Gasteiger partial charge in [-0.2, -0.15) is 0 Å². The second-order valence-corrected chi connectivity index (χ2v) is 8.03. The van der Waals surface area contributed by atoms with Crippen LogP contribution < -0.4 is 9.46 Å². The number of halogens is 1. The largest absolute Gasteiger partial charge is 0.495 e. The van der Waals surface area contributed by atoms with Gasteiger partial charge >= 0.3 is 0 Å². The maximum absolute atomic E-state index is 13.4. The molecule has 0 aliphatic carbocycles. The first-order valence-electron chi connectivity index (χ1n) is 7.55. The molecule has 0 aliphatic heterocycles. The topological polar surface area (TPSA) is 88.8 Å². The minimum Gasteiger partial charge on any atom is -0.495 e. The number of hydrogen-bond donors (Lipinski definition) is 2. The molecule has 3 aromatic rings. The Morgan fingerprint density at radius 2 is 2.12 bits per heavy atom. The molecule has 1 atom stereocenters. The molecular weight excluding hydrogens is 381 g/mol. The second kappa shape index (κ2) is 7.58. The minimum absolute atomic E-state index is 0.00590. The van der Waals surface area contributed by atoms with E-state index in [1.165, 1.54) is 24.5 Å². The van der Waals surface area contributed by atoms with E-state index in [1.807, 2.05) is 17.5 Å². The summed E-state index contributed by atoms with van der Waals surface area (Å²) in [6.07, 6.45) is -1.20. The van der Waals surface area contributed by atoms with Gasteiger partial charge in [-0.15, -0.1) is 11.3 Å². The van der Waals surface area contributed by atoms with Gasteiger partial charge in [-0.1, -0.05) is 6.07 Å². The van der Waals surface area contributed by atoms with Gasteiger partial charge in [0.05, 0.1) is 12.0 Å². The number of nitrogens with one attached hydrogen (secondary N) is 1. The second-order valence-electron chi connectivity index (χ2n) is 5.34. The summed E-state index contributed by atoms with van der Waals surface area (Å²) in [6.45, 7) is -0.334. The highest BCUT2D eigenvalue weighted by molar-refractivity contribution is 7.89. The van der Waals surface area contributed by atoms with Crippen molar-refractivity contribution in [3.63, 3.8) is 0 Å². The number of rotatable bonds is 7. The molecule has 26 heavy (non-hydrogen) atoms. The van der Waals surface area contributed by atoms with Crippen molar-refractivity contribution in [3.8, 4) is 16.4 Å². The van der Waals surface area contributed by atoms with Gasteiger partial charge in [-0.25, -0.2) is 17.5 Å². The molecule has 1 aromatic carbocycles. The Bertz CT molecular complexity index is 983. The van der Waals surface area contributed by atoms with Crippen LogP contribution in [-0.4, -0.2) is 27.2 Å². The number of ether oxygens (including phenoxy) is 1. The Labute approximate surface area is 153 Å². The molecule has 0 amide bonds. The van der Waals surface area contributed by atoms with Crippen molar-refractivity contribution >= 4 is 21.4 Å². The molecule has 0 aliphatic rings. The Hall–Kier alpha value is -2.20. The van der Waals surface area contributed by atoms with Crippen LogP contribution in [0.3, 0.4) is 0 Å². The summed E-state index contributed by atoms with van der Waals surface area (Å²) in [6, 6.07) is 10.2. The van der Waals surface area contributed by atoms with E-state index in [9.17, 15) is 17.9 Å². The molecule has 0 saturated carbocycles. The molecular formula is C17H16FNO5S2. The van der Waals surface area contributed by atoms with Gasteiger partial charge in [-0.3, -0.25) is 0 Å². The van der Waals surface area contributed by atoms with Gasteiger partial charge < -0.3 is 14.3 Å². The molecule has 0 radical (unpaired) electrons. The highest BCUT2D eigenvalue weighted by atomic mass is 32.2. The number of sulfonamides is 1. The molecule has 0 saturated heterocycles. The average molecular weight is 397 g/mol. The van der Waals surface area contributed by atoms with Gasteiger partial charge in [0, 0.05) is 6.54 Å². The molecule has 9 heteroatoms. The van der Waals surface area contributed by atoms with Crippen molar-refractivity contribution < 1.29 is 27.1 Å². The first-order chi connectivity index (χ1) is 12.4. The van der Waals surface area contributed by atoms with Crippen LogP contribution in [0.5, 0.6) is 5.75 Å². The highest BCUT2D eigenvalue weighted by Gasteiger charge is 2.23. The van der Waals surface area contributed by atoms with Crippen LogP contribution in [0.2, 0.25) is 0 Å². The number of furan rings is 1. The average Bonchev–Trinajstić information content (AvgIpc) is 3.30. The summed E-state index contributed by atoms with van der Waals surface area (Å²) in [5, 5.41) is 12.1. The van der Waals surface area contributed by atoms with Crippen molar-refractivity contribution in [2.75, 3.05) is 13.7 Å². The zero-order valence-corrected chi connectivity index (χ0v) is 15.3. The van der Waals surface area contributed by atoms with E-state index in [-0.39, 0.29) is 22.9 Å². The van der Waals surface area contributed by atoms with Crippen LogP contribution in [0, 0.1) is 5.82 Å². The fraction of sp³-hybridized carbons (Fsp3) is 0.176. The third-order valence-corrected chi connectivity index (χ3v) is 5.93. The smallest absolute Gasteiger partial charge is 0.244 e. The van der Waals surface area contributed by atoms with Crippen molar-refractivity contribution in [1.29, 1.82) is 0 Å². The van der Waals surface area contributed by atoms with Gasteiger partial charge in [0.25, 0.3) is 0 Å². The summed E-state index contributed by atoms with van der Waals surface area (Å²) in [5.74, 6) is 0.107. The maximum atomic E-state index is 13.4. The van der Waals surface area contributed by atoms with Crippen molar-refractivity contribution in [2.24, 2.45) is 0 Å². The predicted octanol–water partition coefficient (Wildman–Crippen LogP) is 3.17. The fourth-order valence-electron chi connectivity index (χ4n) is 2.31. The Balaban J connectivity index is 1.73. The van der Waals surface area contributed by atoms with Crippen molar-refractivity contribution in [2.45, 2.75) is 11.0 Å². The molecule has 138 valence electrons. The van der Waals surface area contributed by atoms with Crippen molar-refractivity contribution in [3.05, 3.63) is 59.4 Å². The number of thiophene rings is 1. The molecule has 2 aromatic heterocycles. The van der Waals surface area contributed by atoms with Gasteiger partial charge in [-0.05, 0) is 41.8 Å². The Kier molecular flexibility index (Phi) is 5.42. The van der Waals surface area contributed by atoms with E-state index in [0.29, 0.717) is 5.76 Å². The first kappa shape index (κ1) is 18.6. The van der Waals surface area contributed by atoms with Crippen molar-refractivity contribution in [1.82, 2.24) is 4.72 Å². The van der Waals surface area contributed by atoms with Gasteiger partial charge in [0.15, 0.2) is 0 Å². The van der Waals surface area contributed by atoms with Gasteiger partial charge in [0.1, 0.15) is 34.1 Å². The normalized spacial score (nSPS) is 12.9. The number of aliphatic hydroxyl groups excluding tert-OH is 1. The Morgan fingerprint density at radius 3 is 2.81 bits per heavy atom. The van der Waals surface area contributed by atoms with Crippen LogP contribution in [0.4, 0.5) is 4.39 Å². The van der Waals surface area contributed by atoms with E-state index in [4.69, 9.17) is 9.15 Å². The third kappa shape index (κ3) is 3.96. The predicted molar refractivity (Wildman–Crippen MR) is 95.1 cm³/mol. The summed E-state index contributed by atoms with van der Waals surface area (Å²) >= 11 is 1.49. The molecule has 2 heterocycles. The first-order valence-corrected chi connectivity index (χ1v) is 9.92. The lowest BCUT2D eigenvalue weighted by Crippen LogP contribution is -2.28. The molecule has 0 bridgehead atoms. The molecule has 1 unspecified atom stereocenters. The van der Waals surface area contributed by atoms with Crippen LogP contribution in [-0.2, 0) is 10.0 Å². The SMILES string of the molecule is COc1ccc(F)cc1S(=O)(=O)NCC(O)c1ccc(-c2cccs2)o1. The van der Waals surface area contributed by atoms with E-state index < -0.39 is 21.9 Å². The Morgan fingerprint density at radius 1 is 1.31 bits per heavy atom. The molecule has 6 nitrogen and oxygen atoms in total. The maximum Gasteiger partial charge on any atom is 0.244 e. The zero-order valence-electron chi connectivity index (χ0n) is 13.7. The zero-order chi connectivity index (χ0) is 18.7. The lowest BCUT2D eigenvalue weighted by molar-refractivity contribution is 0.155. The lowest BCUT2D eigenvalue weighted by atomic mass is 10.3. The van der Waals surface area contributed by atoms with E-state index in [1.54, 1.807) is 12.1 Å². The van der Waals surface area contributed by atoms with Crippen LogP contribution >= 0.6 is 11.3 Å². The highest BCUT2D eigenvalue weighted by Crippen LogP contribution is 2.29. The monoisotopic (exact) mass is 397 g/mol. The van der Waals surface area contributed by atoms with Crippen LogP contribution in [0.1, 0.15) is 11.9 Å². The fourth-order valence-corrected chi connectivity index (χ4v) is 4.21. The number of methoxy groups -OCH3 is 1. The number of aliphatic hydroxyl groups is 1. The third-order valence-electron chi connectivity index (χ3n) is 3.60. The quantitative estimate of drug-likeness (QED) is 0.639. The summed E-state index contributed by atoms with van der Waals surface area (Å²) in [5.41, 5.74) is 0. The summed E-state index contributed by atoms with van der Waals surface area (Å²) in [4.78, 5) is 0.555. The number of hydrogen-bond acceptors (Lipinski definition) is 6. The molecule has 0 fully saturated rings. The van der Waals surface area contributed by atoms with Crippen LogP contribution in [0.15, 0.2) is 57.2 Å².